The molecule has 0 saturated carbocycles. The van der Waals surface area contributed by atoms with Crippen LogP contribution in [0.25, 0.3) is 0 Å². The van der Waals surface area contributed by atoms with E-state index in [1.807, 2.05) is 20.8 Å². The summed E-state index contributed by atoms with van der Waals surface area (Å²) in [5.74, 6) is 0. The van der Waals surface area contributed by atoms with Crippen molar-refractivity contribution in [2.45, 2.75) is 193 Å². The van der Waals surface area contributed by atoms with E-state index in [9.17, 15) is 8.42 Å². The van der Waals surface area contributed by atoms with Crippen molar-refractivity contribution < 1.29 is 73.6 Å². The summed E-state index contributed by atoms with van der Waals surface area (Å²) in [4.78, 5) is 0.0869. The van der Waals surface area contributed by atoms with Crippen molar-refractivity contribution in [3.05, 3.63) is 29.8 Å². The molecule has 0 spiro atoms. The molecule has 0 fully saturated rings. The summed E-state index contributed by atoms with van der Waals surface area (Å²) in [6.07, 6.45) is -2.07. The summed E-state index contributed by atoms with van der Waals surface area (Å²) in [5, 5.41) is 0.358. The zero-order chi connectivity index (χ0) is 49.6. The summed E-state index contributed by atoms with van der Waals surface area (Å²) in [6, 6.07) is 6.45. The number of aryl methyl sites for hydroxylation is 1. The molecule has 0 saturated heterocycles. The van der Waals surface area contributed by atoms with Crippen LogP contribution in [0.2, 0.25) is 36.3 Å². The Morgan fingerprint density at radius 2 is 0.831 bits per heavy atom. The first-order valence-electron chi connectivity index (χ1n) is 23.0. The van der Waals surface area contributed by atoms with Gasteiger partial charge < -0.3 is 61.0 Å². The van der Waals surface area contributed by atoms with Gasteiger partial charge in [0, 0.05) is 27.4 Å². The van der Waals surface area contributed by atoms with E-state index < -0.39 is 45.4 Å². The summed E-state index contributed by atoms with van der Waals surface area (Å²) >= 11 is 0. The monoisotopic (exact) mass is 1080 g/mol. The average molecular weight is 1090 g/mol. The van der Waals surface area contributed by atoms with Gasteiger partial charge in [0.1, 0.15) is 18.3 Å². The Labute approximate surface area is 441 Å². The van der Waals surface area contributed by atoms with E-state index in [1.54, 1.807) is 40.2 Å². The van der Waals surface area contributed by atoms with Gasteiger partial charge in [0.2, 0.25) is 0 Å². The lowest BCUT2D eigenvalue weighted by molar-refractivity contribution is -0.168. The van der Waals surface area contributed by atoms with E-state index >= 15 is 0 Å². The number of hydrogen-bond donors (Lipinski definition) is 0. The topological polar surface area (TPSA) is 163 Å². The van der Waals surface area contributed by atoms with Crippen LogP contribution in [0.5, 0.6) is 0 Å². The molecule has 0 aliphatic rings. The Kier molecular flexibility index (Phi) is 53.6. The van der Waals surface area contributed by atoms with Crippen molar-refractivity contribution in [3.8, 4) is 0 Å². The molecule has 0 bridgehead atoms. The predicted octanol–water partition coefficient (Wildman–Crippen LogP) is 11.8. The van der Waals surface area contributed by atoms with E-state index in [2.05, 4.69) is 67.7 Å². The predicted molar refractivity (Wildman–Crippen MR) is 300 cm³/mol. The Morgan fingerprint density at radius 1 is 0.479 bits per heavy atom. The number of methoxy groups -OCH3 is 2. The summed E-state index contributed by atoms with van der Waals surface area (Å²) < 4.78 is 104. The van der Waals surface area contributed by atoms with E-state index in [-0.39, 0.29) is 85.0 Å². The Hall–Kier alpha value is -0.956. The minimum absolute atomic E-state index is 0. The maximum Gasteiger partial charge on any atom is 0.297 e. The highest BCUT2D eigenvalue weighted by atomic mass is 32.2. The van der Waals surface area contributed by atoms with Gasteiger partial charge in [0.05, 0.1) is 97.4 Å². The fourth-order valence-electron chi connectivity index (χ4n) is 4.98. The quantitative estimate of drug-likeness (QED) is 0.0267. The third-order valence-electron chi connectivity index (χ3n) is 10.9. The lowest BCUT2D eigenvalue weighted by atomic mass is 10.2. The lowest BCUT2D eigenvalue weighted by Gasteiger charge is -2.36. The Balaban J connectivity index is -0.000000226. The Bertz CT molecular complexity index is 1350. The molecule has 0 amide bonds. The SMILES string of the molecule is C.C.C.C.C.C.CCOC(C)OCC(COC(C)OCC)OS(=O)(=O)c1ccc(C)cc1.COCC(COC)OCCOCCOC(COCCO[Si](C)(C)C(C)(C)C)COCCO[Si](C)(C)C(C)(C)C. The molecule has 16 nitrogen and oxygen atoms in total. The van der Waals surface area contributed by atoms with Crippen LogP contribution in [0.1, 0.15) is 119 Å². The van der Waals surface area contributed by atoms with Crippen molar-refractivity contribution in [2.75, 3.05) is 120 Å². The first-order valence-corrected chi connectivity index (χ1v) is 30.3. The van der Waals surface area contributed by atoms with E-state index in [4.69, 9.17) is 65.1 Å². The van der Waals surface area contributed by atoms with Gasteiger partial charge >= 0.3 is 0 Å². The minimum atomic E-state index is -3.94. The van der Waals surface area contributed by atoms with Crippen molar-refractivity contribution in [1.29, 1.82) is 0 Å². The van der Waals surface area contributed by atoms with Crippen LogP contribution in [-0.2, 0) is 75.3 Å². The summed E-state index contributed by atoms with van der Waals surface area (Å²) in [6.45, 7) is 38.4. The molecule has 19 heteroatoms. The van der Waals surface area contributed by atoms with Gasteiger partial charge in [-0.1, -0.05) is 104 Å². The standard InChI is InChI=1S/C28H62O9Si2.C18H30O7S.6CH4/c1-27(2,3)38(9,10)36-19-15-32-23-26(24-33-16-20-37-39(11,12)28(4,5)6)35-18-14-31-13-17-34-25(21-29-7)22-30-8;1-6-21-15(4)23-12-17(13-24-16(5)22-7-2)25-26(19,20)18-10-8-14(3)9-11-18;;;;;;/h25-26H,13-24H2,1-12H3;8-11,15-17H,6-7,12-13H2,1-5H3;6*1H4. The smallest absolute Gasteiger partial charge is 0.297 e. The molecule has 0 heterocycles. The van der Waals surface area contributed by atoms with Gasteiger partial charge in [-0.15, -0.1) is 0 Å². The maximum absolute atomic E-state index is 12.5. The van der Waals surface area contributed by atoms with Crippen molar-refractivity contribution in [3.63, 3.8) is 0 Å². The zero-order valence-electron chi connectivity index (χ0n) is 43.5. The third-order valence-corrected chi connectivity index (χ3v) is 21.3. The first kappa shape index (κ1) is 84.0. The van der Waals surface area contributed by atoms with Crippen LogP contribution in [-0.4, -0.2) is 176 Å². The lowest BCUT2D eigenvalue weighted by Crippen LogP contribution is -2.42. The second-order valence-corrected chi connectivity index (χ2v) is 29.8. The fraction of sp³-hybridized carbons (Fsp3) is 0.885. The Morgan fingerprint density at radius 3 is 1.17 bits per heavy atom. The molecule has 1 rings (SSSR count). The molecule has 0 radical (unpaired) electrons. The molecule has 2 unspecified atom stereocenters. The highest BCUT2D eigenvalue weighted by molar-refractivity contribution is 7.86. The first-order chi connectivity index (χ1) is 30.4. The third kappa shape index (κ3) is 40.0. The zero-order valence-corrected chi connectivity index (χ0v) is 46.3. The largest absolute Gasteiger partial charge is 0.414 e. The minimum Gasteiger partial charge on any atom is -0.414 e. The molecule has 434 valence electrons. The molecular weight excluding hydrogens is 969 g/mol. The normalized spacial score (nSPS) is 13.2. The molecule has 2 atom stereocenters. The highest BCUT2D eigenvalue weighted by Gasteiger charge is 2.38. The maximum atomic E-state index is 12.5. The van der Waals surface area contributed by atoms with E-state index in [0.29, 0.717) is 92.5 Å². The van der Waals surface area contributed by atoms with Crippen LogP contribution in [0, 0.1) is 6.92 Å². The van der Waals surface area contributed by atoms with Crippen molar-refractivity contribution in [2.24, 2.45) is 0 Å². The highest BCUT2D eigenvalue weighted by Crippen LogP contribution is 2.37. The average Bonchev–Trinajstić information content (AvgIpc) is 3.20. The summed E-state index contributed by atoms with van der Waals surface area (Å²) in [7, 11) is -4.21. The van der Waals surface area contributed by atoms with Gasteiger partial charge in [0.15, 0.2) is 29.2 Å². The van der Waals surface area contributed by atoms with Gasteiger partial charge in [-0.2, -0.15) is 8.42 Å². The summed E-state index contributed by atoms with van der Waals surface area (Å²) in [5.41, 5.74) is 0.961. The number of ether oxygens (including phenoxy) is 11. The van der Waals surface area contributed by atoms with Gasteiger partial charge in [-0.3, -0.25) is 4.18 Å². The van der Waals surface area contributed by atoms with Crippen molar-refractivity contribution in [1.82, 2.24) is 0 Å². The number of hydrogen-bond acceptors (Lipinski definition) is 16. The van der Waals surface area contributed by atoms with E-state index in [1.165, 1.54) is 12.1 Å². The number of benzene rings is 1. The van der Waals surface area contributed by atoms with Crippen LogP contribution in [0.15, 0.2) is 29.2 Å². The van der Waals surface area contributed by atoms with Gasteiger partial charge in [0.25, 0.3) is 10.1 Å². The molecule has 1 aromatic rings. The van der Waals surface area contributed by atoms with Crippen LogP contribution in [0.3, 0.4) is 0 Å². The van der Waals surface area contributed by atoms with Crippen molar-refractivity contribution >= 4 is 26.8 Å². The molecule has 0 aliphatic heterocycles. The molecule has 0 aliphatic carbocycles. The van der Waals surface area contributed by atoms with Gasteiger partial charge in [-0.05, 0) is 83.0 Å². The van der Waals surface area contributed by atoms with Crippen LogP contribution < -0.4 is 0 Å². The van der Waals surface area contributed by atoms with Gasteiger partial charge in [-0.25, -0.2) is 0 Å². The number of rotatable bonds is 37. The second-order valence-electron chi connectivity index (χ2n) is 18.6. The molecule has 0 N–H and O–H groups in total. The molecule has 71 heavy (non-hydrogen) atoms. The van der Waals surface area contributed by atoms with Crippen LogP contribution in [0.4, 0.5) is 0 Å². The van der Waals surface area contributed by atoms with E-state index in [0.717, 1.165) is 5.56 Å². The molecule has 0 aromatic heterocycles. The fourth-order valence-corrected chi connectivity index (χ4v) is 8.08. The second kappa shape index (κ2) is 45.3. The molecular formula is C52H116O16SSi2. The van der Waals surface area contributed by atoms with Crippen LogP contribution >= 0.6 is 0 Å². The molecule has 1 aromatic carbocycles.